The van der Waals surface area contributed by atoms with Crippen molar-refractivity contribution in [3.8, 4) is 12.3 Å². The van der Waals surface area contributed by atoms with Crippen LogP contribution in [0, 0.1) is 24.0 Å². The van der Waals surface area contributed by atoms with E-state index in [1.807, 2.05) is 0 Å². The minimum Gasteiger partial charge on any atom is -0.468 e. The molecule has 0 saturated heterocycles. The van der Waals surface area contributed by atoms with Crippen LogP contribution in [-0.2, 0) is 9.53 Å². The quantitative estimate of drug-likeness (QED) is 0.637. The number of benzene rings is 1. The molecule has 1 unspecified atom stereocenters. The van der Waals surface area contributed by atoms with Gasteiger partial charge in [-0.3, -0.25) is 5.32 Å². The summed E-state index contributed by atoms with van der Waals surface area (Å²) in [5, 5.41) is 2.59. The van der Waals surface area contributed by atoms with Crippen LogP contribution in [0.2, 0.25) is 0 Å². The van der Waals surface area contributed by atoms with E-state index in [-0.39, 0.29) is 12.1 Å². The zero-order valence-electron chi connectivity index (χ0n) is 9.17. The normalized spacial score (nSPS) is 11.6. The summed E-state index contributed by atoms with van der Waals surface area (Å²) in [5.74, 6) is 0.171. The Labute approximate surface area is 97.8 Å². The molecule has 0 fully saturated rings. The molecule has 1 N–H and O–H groups in total. The standard InChI is InChI=1S/C12H11F2NO2/c1-3-6-15-11(12(16)17-2)9-7-8(13)4-5-10(9)14/h1,4-5,7,11,15H,6H2,2H3. The first-order chi connectivity index (χ1) is 8.10. The van der Waals surface area contributed by atoms with Crippen molar-refractivity contribution in [2.45, 2.75) is 6.04 Å². The molecule has 0 aliphatic heterocycles. The van der Waals surface area contributed by atoms with E-state index in [0.717, 1.165) is 25.3 Å². The van der Waals surface area contributed by atoms with Crippen LogP contribution in [0.25, 0.3) is 0 Å². The van der Waals surface area contributed by atoms with Crippen molar-refractivity contribution in [2.24, 2.45) is 0 Å². The summed E-state index contributed by atoms with van der Waals surface area (Å²) in [6.45, 7) is 0.0374. The van der Waals surface area contributed by atoms with Gasteiger partial charge in [0.2, 0.25) is 0 Å². The lowest BCUT2D eigenvalue weighted by atomic mass is 10.1. The van der Waals surface area contributed by atoms with Gasteiger partial charge in [0.15, 0.2) is 0 Å². The highest BCUT2D eigenvalue weighted by Gasteiger charge is 2.24. The summed E-state index contributed by atoms with van der Waals surface area (Å²) in [5.41, 5.74) is -0.132. The Morgan fingerprint density at radius 2 is 2.29 bits per heavy atom. The number of carbonyl (C=O) groups is 1. The molecule has 1 aromatic carbocycles. The molecular weight excluding hydrogens is 228 g/mol. The third-order valence-electron chi connectivity index (χ3n) is 2.11. The summed E-state index contributed by atoms with van der Waals surface area (Å²) in [4.78, 5) is 11.4. The van der Waals surface area contributed by atoms with E-state index in [2.05, 4.69) is 16.0 Å². The molecule has 1 atom stereocenters. The Kier molecular flexibility index (Phi) is 4.61. The van der Waals surface area contributed by atoms with Gasteiger partial charge in [-0.2, -0.15) is 0 Å². The minimum absolute atomic E-state index is 0.0374. The lowest BCUT2D eigenvalue weighted by Crippen LogP contribution is -2.30. The molecule has 0 amide bonds. The summed E-state index contributed by atoms with van der Waals surface area (Å²) in [7, 11) is 1.16. The van der Waals surface area contributed by atoms with E-state index in [1.54, 1.807) is 0 Å². The second-order valence-electron chi connectivity index (χ2n) is 3.21. The molecule has 5 heteroatoms. The van der Waals surface area contributed by atoms with Crippen LogP contribution < -0.4 is 5.32 Å². The first kappa shape index (κ1) is 13.1. The molecule has 90 valence electrons. The Bertz CT molecular complexity index is 454. The number of carbonyl (C=O) groups excluding carboxylic acids is 1. The van der Waals surface area contributed by atoms with Gasteiger partial charge in [-0.05, 0) is 18.2 Å². The molecule has 1 aromatic rings. The number of nitrogens with one attached hydrogen (secondary N) is 1. The number of hydrogen-bond acceptors (Lipinski definition) is 3. The lowest BCUT2D eigenvalue weighted by Gasteiger charge is -2.16. The van der Waals surface area contributed by atoms with Gasteiger partial charge < -0.3 is 4.74 Å². The number of halogens is 2. The van der Waals surface area contributed by atoms with Crippen LogP contribution >= 0.6 is 0 Å². The molecule has 1 rings (SSSR count). The number of terminal acetylenes is 1. The SMILES string of the molecule is C#CCNC(C(=O)OC)c1cc(F)ccc1F. The van der Waals surface area contributed by atoms with Gasteiger partial charge >= 0.3 is 5.97 Å². The number of rotatable bonds is 4. The highest BCUT2D eigenvalue weighted by atomic mass is 19.1. The molecule has 17 heavy (non-hydrogen) atoms. The average Bonchev–Trinajstić information content (AvgIpc) is 2.33. The Balaban J connectivity index is 3.08. The summed E-state index contributed by atoms with van der Waals surface area (Å²) in [6.07, 6.45) is 5.03. The highest BCUT2D eigenvalue weighted by molar-refractivity contribution is 5.77. The average molecular weight is 239 g/mol. The first-order valence-corrected chi connectivity index (χ1v) is 4.79. The van der Waals surface area contributed by atoms with E-state index < -0.39 is 23.6 Å². The maximum Gasteiger partial charge on any atom is 0.327 e. The first-order valence-electron chi connectivity index (χ1n) is 4.79. The summed E-state index contributed by atoms with van der Waals surface area (Å²) in [6, 6.07) is 1.72. The Hall–Kier alpha value is -1.93. The number of methoxy groups -OCH3 is 1. The van der Waals surface area contributed by atoms with E-state index >= 15 is 0 Å². The molecular formula is C12H11F2NO2. The molecule has 3 nitrogen and oxygen atoms in total. The summed E-state index contributed by atoms with van der Waals surface area (Å²) >= 11 is 0. The molecule has 0 aliphatic rings. The molecule has 0 heterocycles. The van der Waals surface area contributed by atoms with Gasteiger partial charge in [-0.1, -0.05) is 5.92 Å². The van der Waals surface area contributed by atoms with Crippen LogP contribution in [0.1, 0.15) is 11.6 Å². The van der Waals surface area contributed by atoms with Gasteiger partial charge in [0, 0.05) is 5.56 Å². The van der Waals surface area contributed by atoms with Gasteiger partial charge in [0.05, 0.1) is 13.7 Å². The number of esters is 1. The van der Waals surface area contributed by atoms with Crippen molar-refractivity contribution in [2.75, 3.05) is 13.7 Å². The van der Waals surface area contributed by atoms with Gasteiger partial charge in [-0.15, -0.1) is 6.42 Å². The van der Waals surface area contributed by atoms with Crippen molar-refractivity contribution in [3.63, 3.8) is 0 Å². The van der Waals surface area contributed by atoms with Crippen molar-refractivity contribution in [3.05, 3.63) is 35.4 Å². The smallest absolute Gasteiger partial charge is 0.327 e. The third kappa shape index (κ3) is 3.26. The predicted octanol–water partition coefficient (Wildman–Crippen LogP) is 1.40. The van der Waals surface area contributed by atoms with E-state index in [0.29, 0.717) is 0 Å². The maximum atomic E-state index is 13.5. The van der Waals surface area contributed by atoms with Gasteiger partial charge in [0.1, 0.15) is 17.7 Å². The minimum atomic E-state index is -1.12. The van der Waals surface area contributed by atoms with Crippen molar-refractivity contribution in [1.82, 2.24) is 5.32 Å². The van der Waals surface area contributed by atoms with Crippen molar-refractivity contribution in [1.29, 1.82) is 0 Å². The van der Waals surface area contributed by atoms with E-state index in [1.165, 1.54) is 0 Å². The second-order valence-corrected chi connectivity index (χ2v) is 3.21. The van der Waals surface area contributed by atoms with Crippen molar-refractivity contribution >= 4 is 5.97 Å². The molecule has 0 aromatic heterocycles. The molecule has 0 spiro atoms. The van der Waals surface area contributed by atoms with Gasteiger partial charge in [-0.25, -0.2) is 13.6 Å². The molecule has 0 bridgehead atoms. The highest BCUT2D eigenvalue weighted by Crippen LogP contribution is 2.19. The van der Waals surface area contributed by atoms with E-state index in [9.17, 15) is 13.6 Å². The van der Waals surface area contributed by atoms with Crippen molar-refractivity contribution < 1.29 is 18.3 Å². The van der Waals surface area contributed by atoms with Crippen LogP contribution in [0.15, 0.2) is 18.2 Å². The number of hydrogen-bond donors (Lipinski definition) is 1. The molecule has 0 saturated carbocycles. The van der Waals surface area contributed by atoms with Crippen LogP contribution in [0.4, 0.5) is 8.78 Å². The topological polar surface area (TPSA) is 38.3 Å². The number of ether oxygens (including phenoxy) is 1. The van der Waals surface area contributed by atoms with E-state index in [4.69, 9.17) is 6.42 Å². The second kappa shape index (κ2) is 5.97. The summed E-state index contributed by atoms with van der Waals surface area (Å²) < 4.78 is 31.0. The fourth-order valence-corrected chi connectivity index (χ4v) is 1.33. The fraction of sp³-hybridized carbons (Fsp3) is 0.250. The van der Waals surface area contributed by atoms with Gasteiger partial charge in [0.25, 0.3) is 0 Å². The maximum absolute atomic E-state index is 13.5. The Morgan fingerprint density at radius 1 is 1.59 bits per heavy atom. The van der Waals surface area contributed by atoms with Crippen LogP contribution in [-0.4, -0.2) is 19.6 Å². The fourth-order valence-electron chi connectivity index (χ4n) is 1.33. The van der Waals surface area contributed by atoms with Crippen LogP contribution in [0.3, 0.4) is 0 Å². The monoisotopic (exact) mass is 239 g/mol. The van der Waals surface area contributed by atoms with Crippen LogP contribution in [0.5, 0.6) is 0 Å². The zero-order valence-corrected chi connectivity index (χ0v) is 9.17. The molecule has 0 aliphatic carbocycles. The molecule has 0 radical (unpaired) electrons. The predicted molar refractivity (Wildman–Crippen MR) is 58.0 cm³/mol. The lowest BCUT2D eigenvalue weighted by molar-refractivity contribution is -0.143. The Morgan fingerprint density at radius 3 is 2.88 bits per heavy atom. The zero-order chi connectivity index (χ0) is 12.8. The largest absolute Gasteiger partial charge is 0.468 e. The third-order valence-corrected chi connectivity index (χ3v) is 2.11.